The van der Waals surface area contributed by atoms with Gasteiger partial charge in [-0.3, -0.25) is 9.59 Å². The van der Waals surface area contributed by atoms with Gasteiger partial charge in [0.15, 0.2) is 4.87 Å². The van der Waals surface area contributed by atoms with Gasteiger partial charge in [-0.15, -0.1) is 11.8 Å². The molecule has 1 saturated heterocycles. The van der Waals surface area contributed by atoms with Crippen LogP contribution >= 0.6 is 11.8 Å². The van der Waals surface area contributed by atoms with Crippen molar-refractivity contribution < 1.29 is 18.4 Å². The molecule has 1 atom stereocenters. The molecule has 0 aliphatic carbocycles. The number of hydrogen-bond acceptors (Lipinski definition) is 3. The molecular weight excluding hydrogens is 430 g/mol. The number of amides is 2. The van der Waals surface area contributed by atoms with Gasteiger partial charge in [-0.1, -0.05) is 29.8 Å². The van der Waals surface area contributed by atoms with Crippen LogP contribution in [0.2, 0.25) is 0 Å². The monoisotopic (exact) mass is 450 g/mol. The molecule has 3 aromatic carbocycles. The Hall–Kier alpha value is -3.19. The second-order valence-corrected chi connectivity index (χ2v) is 9.28. The topological polar surface area (TPSA) is 40.6 Å². The minimum Gasteiger partial charge on any atom is -0.311 e. The predicted molar refractivity (Wildman–Crippen MR) is 120 cm³/mol. The van der Waals surface area contributed by atoms with Crippen LogP contribution in [0.1, 0.15) is 27.0 Å². The summed E-state index contributed by atoms with van der Waals surface area (Å²) in [6.45, 7) is 2.52. The molecule has 1 spiro atoms. The lowest BCUT2D eigenvalue weighted by Gasteiger charge is -2.33. The normalized spacial score (nSPS) is 19.7. The highest BCUT2D eigenvalue weighted by atomic mass is 32.2. The van der Waals surface area contributed by atoms with Gasteiger partial charge in [0.1, 0.15) is 11.6 Å². The van der Waals surface area contributed by atoms with E-state index in [1.54, 1.807) is 40.1 Å². The van der Waals surface area contributed by atoms with Crippen LogP contribution in [0.3, 0.4) is 0 Å². The zero-order valence-corrected chi connectivity index (χ0v) is 18.2. The first-order valence-electron chi connectivity index (χ1n) is 10.3. The lowest BCUT2D eigenvalue weighted by Crippen LogP contribution is -2.50. The number of nitrogens with zero attached hydrogens (tertiary/aromatic N) is 2. The van der Waals surface area contributed by atoms with E-state index in [4.69, 9.17) is 0 Å². The van der Waals surface area contributed by atoms with Crippen LogP contribution in [0.25, 0.3) is 0 Å². The molecule has 0 radical (unpaired) electrons. The number of fused-ring (bicyclic) bond motifs is 2. The molecule has 0 N–H and O–H groups in total. The van der Waals surface area contributed by atoms with Crippen LogP contribution in [0.5, 0.6) is 0 Å². The van der Waals surface area contributed by atoms with Crippen molar-refractivity contribution in [3.05, 3.63) is 101 Å². The maximum absolute atomic E-state index is 14.3. The van der Waals surface area contributed by atoms with Crippen molar-refractivity contribution in [3.63, 3.8) is 0 Å². The molecule has 1 unspecified atom stereocenters. The number of halogens is 2. The van der Waals surface area contributed by atoms with Crippen LogP contribution in [0.15, 0.2) is 66.7 Å². The van der Waals surface area contributed by atoms with Gasteiger partial charge in [-0.2, -0.15) is 0 Å². The molecule has 2 amide bonds. The second-order valence-electron chi connectivity index (χ2n) is 7.99. The van der Waals surface area contributed by atoms with Gasteiger partial charge in [-0.25, -0.2) is 8.78 Å². The maximum Gasteiger partial charge on any atom is 0.268 e. The molecule has 1 fully saturated rings. The molecule has 5 rings (SSSR count). The van der Waals surface area contributed by atoms with Gasteiger partial charge in [-0.05, 0) is 55.0 Å². The molecule has 2 aliphatic heterocycles. The number of carbonyl (C=O) groups is 2. The number of rotatable bonds is 3. The molecule has 0 aromatic heterocycles. The van der Waals surface area contributed by atoms with Crippen LogP contribution in [-0.4, -0.2) is 29.0 Å². The van der Waals surface area contributed by atoms with Gasteiger partial charge in [0, 0.05) is 23.4 Å². The van der Waals surface area contributed by atoms with Crippen molar-refractivity contribution in [2.24, 2.45) is 0 Å². The third-order valence-electron chi connectivity index (χ3n) is 5.95. The molecule has 2 aliphatic rings. The molecule has 0 saturated carbocycles. The fourth-order valence-corrected chi connectivity index (χ4v) is 5.82. The van der Waals surface area contributed by atoms with Crippen molar-refractivity contribution in [2.45, 2.75) is 18.3 Å². The lowest BCUT2D eigenvalue weighted by molar-refractivity contribution is -0.123. The Morgan fingerprint density at radius 1 is 1.00 bits per heavy atom. The van der Waals surface area contributed by atoms with E-state index >= 15 is 0 Å². The first-order chi connectivity index (χ1) is 15.4. The summed E-state index contributed by atoms with van der Waals surface area (Å²) in [4.78, 5) is 29.2. The number of hydrogen-bond donors (Lipinski definition) is 0. The molecule has 0 bridgehead atoms. The zero-order valence-electron chi connectivity index (χ0n) is 17.3. The zero-order chi connectivity index (χ0) is 22.5. The van der Waals surface area contributed by atoms with Gasteiger partial charge < -0.3 is 9.80 Å². The Balaban J connectivity index is 1.58. The third-order valence-corrected chi connectivity index (χ3v) is 7.37. The van der Waals surface area contributed by atoms with Crippen molar-refractivity contribution in [1.29, 1.82) is 0 Å². The largest absolute Gasteiger partial charge is 0.311 e. The Morgan fingerprint density at radius 2 is 1.69 bits per heavy atom. The average molecular weight is 451 g/mol. The molecule has 4 nitrogen and oxygen atoms in total. The summed E-state index contributed by atoms with van der Waals surface area (Å²) < 4.78 is 27.7. The number of thioether (sulfide) groups is 1. The Morgan fingerprint density at radius 3 is 2.41 bits per heavy atom. The van der Waals surface area contributed by atoms with E-state index in [-0.39, 0.29) is 24.2 Å². The molecule has 2 heterocycles. The second kappa shape index (κ2) is 7.74. The summed E-state index contributed by atoms with van der Waals surface area (Å²) in [6, 6.07) is 17.4. The van der Waals surface area contributed by atoms with Crippen LogP contribution < -0.4 is 4.90 Å². The van der Waals surface area contributed by atoms with Gasteiger partial charge in [0.05, 0.1) is 12.2 Å². The molecule has 3 aromatic rings. The summed E-state index contributed by atoms with van der Waals surface area (Å²) in [6.07, 6.45) is 0. The number of anilines is 1. The standard InChI is InChI=1S/C25H20F2N2O2S/c1-16-2-6-18(7-3-16)23(30)29-12-13-32-25(29)21-14-20(27)10-11-22(21)28(24(25)31)15-17-4-8-19(26)9-5-17/h2-11,14H,12-13,15H2,1H3. The van der Waals surface area contributed by atoms with E-state index in [0.717, 1.165) is 11.1 Å². The van der Waals surface area contributed by atoms with Crippen LogP contribution in [0, 0.1) is 18.6 Å². The Kier molecular flexibility index (Phi) is 5.01. The Labute approximate surface area is 188 Å². The van der Waals surface area contributed by atoms with Crippen molar-refractivity contribution in [1.82, 2.24) is 4.90 Å². The minimum absolute atomic E-state index is 0.201. The summed E-state index contributed by atoms with van der Waals surface area (Å²) >= 11 is 1.35. The molecule has 162 valence electrons. The van der Waals surface area contributed by atoms with Crippen molar-refractivity contribution in [2.75, 3.05) is 17.2 Å². The van der Waals surface area contributed by atoms with E-state index in [1.165, 1.54) is 36.0 Å². The first kappa shape index (κ1) is 20.7. The maximum atomic E-state index is 14.3. The first-order valence-corrected chi connectivity index (χ1v) is 11.3. The number of carbonyl (C=O) groups excluding carboxylic acids is 2. The highest BCUT2D eigenvalue weighted by molar-refractivity contribution is 8.01. The number of aryl methyl sites for hydroxylation is 1. The van der Waals surface area contributed by atoms with E-state index in [9.17, 15) is 18.4 Å². The summed E-state index contributed by atoms with van der Waals surface area (Å²) in [5.74, 6) is -0.812. The smallest absolute Gasteiger partial charge is 0.268 e. The average Bonchev–Trinajstić information content (AvgIpc) is 3.32. The SMILES string of the molecule is Cc1ccc(C(=O)N2CCSC23C(=O)N(Cc2ccc(F)cc2)c2ccc(F)cc23)cc1. The lowest BCUT2D eigenvalue weighted by atomic mass is 10.0. The number of benzene rings is 3. The Bertz CT molecular complexity index is 1210. The van der Waals surface area contributed by atoms with Crippen molar-refractivity contribution in [3.8, 4) is 0 Å². The van der Waals surface area contributed by atoms with Gasteiger partial charge >= 0.3 is 0 Å². The van der Waals surface area contributed by atoms with Crippen LogP contribution in [-0.2, 0) is 16.2 Å². The van der Waals surface area contributed by atoms with Gasteiger partial charge in [0.25, 0.3) is 11.8 Å². The summed E-state index contributed by atoms with van der Waals surface area (Å²) in [5.41, 5.74) is 3.30. The fourth-order valence-electron chi connectivity index (χ4n) is 4.37. The predicted octanol–water partition coefficient (Wildman–Crippen LogP) is 4.86. The van der Waals surface area contributed by atoms with Crippen LogP contribution in [0.4, 0.5) is 14.5 Å². The van der Waals surface area contributed by atoms with Crippen molar-refractivity contribution >= 4 is 29.3 Å². The molecule has 32 heavy (non-hydrogen) atoms. The third kappa shape index (κ3) is 3.19. The quantitative estimate of drug-likeness (QED) is 0.572. The summed E-state index contributed by atoms with van der Waals surface area (Å²) in [7, 11) is 0. The summed E-state index contributed by atoms with van der Waals surface area (Å²) in [5, 5.41) is 0. The van der Waals surface area contributed by atoms with E-state index in [0.29, 0.717) is 29.1 Å². The highest BCUT2D eigenvalue weighted by Gasteiger charge is 2.59. The van der Waals surface area contributed by atoms with E-state index in [2.05, 4.69) is 0 Å². The van der Waals surface area contributed by atoms with E-state index < -0.39 is 10.7 Å². The van der Waals surface area contributed by atoms with Gasteiger partial charge in [0.2, 0.25) is 0 Å². The molecular formula is C25H20F2N2O2S. The molecule has 7 heteroatoms. The van der Waals surface area contributed by atoms with E-state index in [1.807, 2.05) is 19.1 Å². The fraction of sp³-hybridized carbons (Fsp3) is 0.200. The highest BCUT2D eigenvalue weighted by Crippen LogP contribution is 2.54. The minimum atomic E-state index is -1.32.